The summed E-state index contributed by atoms with van der Waals surface area (Å²) in [4.78, 5) is 15.2. The molecule has 1 aromatic rings. The summed E-state index contributed by atoms with van der Waals surface area (Å²) in [5, 5.41) is 11.1. The molecule has 3 heteroatoms. The van der Waals surface area contributed by atoms with E-state index < -0.39 is 0 Å². The van der Waals surface area contributed by atoms with Crippen molar-refractivity contribution in [1.82, 2.24) is 4.90 Å². The molecule has 1 N–H and O–H groups in total. The SMILES string of the molecule is CC1(C)CC(=O)C2=C(C1)N1CCCCC1C(c1ccccc1)=C2O. The maximum absolute atomic E-state index is 12.8. The van der Waals surface area contributed by atoms with Gasteiger partial charge in [0.2, 0.25) is 0 Å². The van der Waals surface area contributed by atoms with Gasteiger partial charge in [-0.25, -0.2) is 0 Å². The highest BCUT2D eigenvalue weighted by molar-refractivity contribution is 6.04. The molecule has 1 atom stereocenters. The summed E-state index contributed by atoms with van der Waals surface area (Å²) in [6.07, 6.45) is 4.75. The topological polar surface area (TPSA) is 40.5 Å². The molecule has 1 saturated heterocycles. The highest BCUT2D eigenvalue weighted by Gasteiger charge is 2.44. The minimum Gasteiger partial charge on any atom is -0.507 e. The summed E-state index contributed by atoms with van der Waals surface area (Å²) in [5.74, 6) is 0.330. The predicted molar refractivity (Wildman–Crippen MR) is 95.4 cm³/mol. The van der Waals surface area contributed by atoms with Crippen molar-refractivity contribution in [2.45, 2.75) is 52.0 Å². The van der Waals surface area contributed by atoms with E-state index in [1.807, 2.05) is 30.3 Å². The van der Waals surface area contributed by atoms with E-state index in [0.29, 0.717) is 12.0 Å². The lowest BCUT2D eigenvalue weighted by Crippen LogP contribution is -2.46. The number of hydrogen-bond donors (Lipinski definition) is 1. The number of nitrogens with zero attached hydrogens (tertiary/aromatic N) is 1. The van der Waals surface area contributed by atoms with Crippen LogP contribution >= 0.6 is 0 Å². The Morgan fingerprint density at radius 3 is 2.62 bits per heavy atom. The summed E-state index contributed by atoms with van der Waals surface area (Å²) >= 11 is 0. The summed E-state index contributed by atoms with van der Waals surface area (Å²) in [5.41, 5.74) is 3.63. The lowest BCUT2D eigenvalue weighted by atomic mass is 9.71. The standard InChI is InChI=1S/C21H25NO2/c1-21(2)12-16-19(17(23)13-21)20(24)18(14-8-4-3-5-9-14)15-10-6-7-11-22(15)16/h3-5,8-9,15,24H,6-7,10-13H2,1-2H3. The molecular formula is C21H25NO2. The summed E-state index contributed by atoms with van der Waals surface area (Å²) in [6, 6.07) is 10.3. The van der Waals surface area contributed by atoms with Crippen molar-refractivity contribution < 1.29 is 9.90 Å². The van der Waals surface area contributed by atoms with Crippen LogP contribution in [0.2, 0.25) is 0 Å². The molecule has 3 aliphatic rings. The third-order valence-corrected chi connectivity index (χ3v) is 5.61. The lowest BCUT2D eigenvalue weighted by molar-refractivity contribution is -0.118. The Hall–Kier alpha value is -2.03. The maximum Gasteiger partial charge on any atom is 0.168 e. The lowest BCUT2D eigenvalue weighted by Gasteiger charge is -2.48. The van der Waals surface area contributed by atoms with Crippen molar-refractivity contribution in [2.75, 3.05) is 6.54 Å². The van der Waals surface area contributed by atoms with Crippen LogP contribution in [0.1, 0.15) is 51.5 Å². The van der Waals surface area contributed by atoms with E-state index in [9.17, 15) is 9.90 Å². The molecule has 4 rings (SSSR count). The van der Waals surface area contributed by atoms with Gasteiger partial charge in [-0.3, -0.25) is 4.79 Å². The summed E-state index contributed by atoms with van der Waals surface area (Å²) in [6.45, 7) is 5.29. The Bertz CT molecular complexity index is 742. The molecule has 1 aromatic carbocycles. The van der Waals surface area contributed by atoms with Crippen LogP contribution in [-0.4, -0.2) is 28.4 Å². The van der Waals surface area contributed by atoms with Crippen LogP contribution < -0.4 is 0 Å². The van der Waals surface area contributed by atoms with Crippen molar-refractivity contribution >= 4 is 11.4 Å². The van der Waals surface area contributed by atoms with E-state index in [1.54, 1.807) is 0 Å². The first-order chi connectivity index (χ1) is 11.5. The van der Waals surface area contributed by atoms with Gasteiger partial charge in [0.05, 0.1) is 11.6 Å². The van der Waals surface area contributed by atoms with Crippen LogP contribution in [-0.2, 0) is 4.79 Å². The van der Waals surface area contributed by atoms with Gasteiger partial charge in [0.25, 0.3) is 0 Å². The number of Topliss-reactive ketones (excluding diaryl/α,β-unsaturated/α-hetero) is 1. The molecule has 0 amide bonds. The second-order valence-corrected chi connectivity index (χ2v) is 8.10. The quantitative estimate of drug-likeness (QED) is 0.829. The molecule has 1 fully saturated rings. The monoisotopic (exact) mass is 323 g/mol. The first-order valence-corrected chi connectivity index (χ1v) is 9.00. The van der Waals surface area contributed by atoms with E-state index in [4.69, 9.17) is 0 Å². The van der Waals surface area contributed by atoms with Crippen LogP contribution in [0.5, 0.6) is 0 Å². The van der Waals surface area contributed by atoms with Crippen LogP contribution in [0.15, 0.2) is 47.4 Å². The van der Waals surface area contributed by atoms with Gasteiger partial charge in [0.1, 0.15) is 5.76 Å². The Morgan fingerprint density at radius 2 is 1.88 bits per heavy atom. The fourth-order valence-corrected chi connectivity index (χ4v) is 4.60. The van der Waals surface area contributed by atoms with Gasteiger partial charge in [-0.2, -0.15) is 0 Å². The molecule has 0 saturated carbocycles. The van der Waals surface area contributed by atoms with E-state index >= 15 is 0 Å². The Balaban J connectivity index is 1.91. The van der Waals surface area contributed by atoms with Gasteiger partial charge in [-0.05, 0) is 36.7 Å². The number of allylic oxidation sites excluding steroid dienone is 2. The number of fused-ring (bicyclic) bond motifs is 2. The fraction of sp³-hybridized carbons (Fsp3) is 0.476. The van der Waals surface area contributed by atoms with Gasteiger partial charge in [-0.15, -0.1) is 0 Å². The van der Waals surface area contributed by atoms with Gasteiger partial charge in [-0.1, -0.05) is 44.2 Å². The molecule has 126 valence electrons. The Kier molecular flexibility index (Phi) is 3.56. The van der Waals surface area contributed by atoms with E-state index in [1.165, 1.54) is 6.42 Å². The minimum atomic E-state index is -0.0254. The van der Waals surface area contributed by atoms with Gasteiger partial charge < -0.3 is 10.0 Å². The molecule has 2 heterocycles. The van der Waals surface area contributed by atoms with Crippen molar-refractivity contribution in [3.63, 3.8) is 0 Å². The smallest absolute Gasteiger partial charge is 0.168 e. The van der Waals surface area contributed by atoms with Crippen molar-refractivity contribution in [3.05, 3.63) is 52.9 Å². The molecule has 0 radical (unpaired) electrons. The molecule has 0 aromatic heterocycles. The second-order valence-electron chi connectivity index (χ2n) is 8.10. The first-order valence-electron chi connectivity index (χ1n) is 9.00. The normalized spacial score (nSPS) is 26.3. The largest absolute Gasteiger partial charge is 0.507 e. The fourth-order valence-electron chi connectivity index (χ4n) is 4.60. The predicted octanol–water partition coefficient (Wildman–Crippen LogP) is 4.47. The number of carbonyl (C=O) groups excluding carboxylic acids is 1. The number of carbonyl (C=O) groups is 1. The number of benzene rings is 1. The van der Waals surface area contributed by atoms with Crippen LogP contribution in [0, 0.1) is 5.41 Å². The van der Waals surface area contributed by atoms with Crippen LogP contribution in [0.4, 0.5) is 0 Å². The highest BCUT2D eigenvalue weighted by atomic mass is 16.3. The molecule has 0 bridgehead atoms. The van der Waals surface area contributed by atoms with Crippen molar-refractivity contribution in [1.29, 1.82) is 0 Å². The zero-order valence-corrected chi connectivity index (χ0v) is 14.5. The maximum atomic E-state index is 12.8. The minimum absolute atomic E-state index is 0.0254. The van der Waals surface area contributed by atoms with Crippen LogP contribution in [0.25, 0.3) is 5.57 Å². The molecule has 24 heavy (non-hydrogen) atoms. The first kappa shape index (κ1) is 15.5. The third-order valence-electron chi connectivity index (χ3n) is 5.61. The van der Waals surface area contributed by atoms with Gasteiger partial charge >= 0.3 is 0 Å². The molecule has 1 aliphatic carbocycles. The zero-order chi connectivity index (χ0) is 16.9. The third kappa shape index (κ3) is 2.38. The highest BCUT2D eigenvalue weighted by Crippen LogP contribution is 2.48. The molecule has 1 unspecified atom stereocenters. The van der Waals surface area contributed by atoms with E-state index in [-0.39, 0.29) is 23.0 Å². The van der Waals surface area contributed by atoms with Gasteiger partial charge in [0, 0.05) is 24.2 Å². The average molecular weight is 323 g/mol. The van der Waals surface area contributed by atoms with Crippen molar-refractivity contribution in [2.24, 2.45) is 5.41 Å². The number of aliphatic hydroxyl groups excluding tert-OH is 1. The number of hydrogen-bond acceptors (Lipinski definition) is 3. The number of ketones is 1. The molecule has 2 aliphatic heterocycles. The molecule has 3 nitrogen and oxygen atoms in total. The number of piperidine rings is 1. The molecule has 0 spiro atoms. The van der Waals surface area contributed by atoms with E-state index in [0.717, 1.165) is 42.6 Å². The second kappa shape index (κ2) is 5.51. The average Bonchev–Trinajstić information content (AvgIpc) is 2.54. The van der Waals surface area contributed by atoms with Crippen molar-refractivity contribution in [3.8, 4) is 0 Å². The number of rotatable bonds is 1. The summed E-state index contributed by atoms with van der Waals surface area (Å²) in [7, 11) is 0. The Morgan fingerprint density at radius 1 is 1.12 bits per heavy atom. The van der Waals surface area contributed by atoms with Gasteiger partial charge in [0.15, 0.2) is 5.78 Å². The zero-order valence-electron chi connectivity index (χ0n) is 14.5. The molecular weight excluding hydrogens is 298 g/mol. The number of aliphatic hydroxyl groups is 1. The van der Waals surface area contributed by atoms with E-state index in [2.05, 4.69) is 18.7 Å². The Labute approximate surface area is 143 Å². The summed E-state index contributed by atoms with van der Waals surface area (Å²) < 4.78 is 0. The van der Waals surface area contributed by atoms with Crippen LogP contribution in [0.3, 0.4) is 0 Å².